The summed E-state index contributed by atoms with van der Waals surface area (Å²) in [6.45, 7) is 0.370. The van der Waals surface area contributed by atoms with E-state index in [2.05, 4.69) is 25.8 Å². The topological polar surface area (TPSA) is 72.0 Å². The Labute approximate surface area is 147 Å². The van der Waals surface area contributed by atoms with Crippen molar-refractivity contribution in [1.29, 1.82) is 0 Å². The van der Waals surface area contributed by atoms with Gasteiger partial charge < -0.3 is 15.4 Å². The standard InChI is InChI=1S/C17H14F3N5O/c1-26-13-5-3-2-4-10(13)8-21-17-24-14(9-22-25-17)23-12-7-6-11(18)15(19)16(12)20/h2-7,9H,8H2,1H3,(H2,21,23,24,25). The third-order valence-electron chi connectivity index (χ3n) is 3.49. The fraction of sp³-hybridized carbons (Fsp3) is 0.118. The summed E-state index contributed by atoms with van der Waals surface area (Å²) in [4.78, 5) is 4.11. The average Bonchev–Trinajstić information content (AvgIpc) is 2.67. The fourth-order valence-corrected chi connectivity index (χ4v) is 2.22. The quantitative estimate of drug-likeness (QED) is 0.653. The molecular weight excluding hydrogens is 347 g/mol. The van der Waals surface area contributed by atoms with E-state index in [0.717, 1.165) is 17.7 Å². The third kappa shape index (κ3) is 3.82. The Balaban J connectivity index is 1.73. The molecule has 1 aromatic heterocycles. The molecule has 134 valence electrons. The molecule has 2 N–H and O–H groups in total. The number of para-hydroxylation sites is 1. The Kier molecular flexibility index (Phi) is 5.16. The summed E-state index contributed by atoms with van der Waals surface area (Å²) in [5, 5.41) is 13.1. The van der Waals surface area contributed by atoms with Crippen LogP contribution in [-0.2, 0) is 6.54 Å². The van der Waals surface area contributed by atoms with Crippen LogP contribution < -0.4 is 15.4 Å². The van der Waals surface area contributed by atoms with Crippen molar-refractivity contribution in [3.05, 3.63) is 65.6 Å². The normalized spacial score (nSPS) is 10.5. The van der Waals surface area contributed by atoms with Crippen LogP contribution in [0.3, 0.4) is 0 Å². The first-order chi connectivity index (χ1) is 12.6. The summed E-state index contributed by atoms with van der Waals surface area (Å²) in [5.41, 5.74) is 0.615. The van der Waals surface area contributed by atoms with Gasteiger partial charge >= 0.3 is 0 Å². The molecule has 6 nitrogen and oxygen atoms in total. The van der Waals surface area contributed by atoms with E-state index in [-0.39, 0.29) is 17.5 Å². The Morgan fingerprint density at radius 2 is 1.85 bits per heavy atom. The van der Waals surface area contributed by atoms with Crippen molar-refractivity contribution >= 4 is 17.5 Å². The van der Waals surface area contributed by atoms with E-state index in [1.165, 1.54) is 6.20 Å². The number of anilines is 3. The number of aromatic nitrogens is 3. The number of benzene rings is 2. The third-order valence-corrected chi connectivity index (χ3v) is 3.49. The van der Waals surface area contributed by atoms with Crippen LogP contribution in [0.2, 0.25) is 0 Å². The molecule has 0 spiro atoms. The van der Waals surface area contributed by atoms with Crippen LogP contribution in [0, 0.1) is 17.5 Å². The number of methoxy groups -OCH3 is 1. The molecule has 3 aromatic rings. The Morgan fingerprint density at radius 1 is 1.04 bits per heavy atom. The van der Waals surface area contributed by atoms with E-state index < -0.39 is 17.5 Å². The largest absolute Gasteiger partial charge is 0.496 e. The first-order valence-corrected chi connectivity index (χ1v) is 7.54. The Morgan fingerprint density at radius 3 is 2.65 bits per heavy atom. The van der Waals surface area contributed by atoms with Crippen LogP contribution in [0.25, 0.3) is 0 Å². The van der Waals surface area contributed by atoms with Crippen molar-refractivity contribution in [2.45, 2.75) is 6.54 Å². The molecule has 0 aliphatic carbocycles. The van der Waals surface area contributed by atoms with Gasteiger partial charge in [-0.3, -0.25) is 0 Å². The predicted molar refractivity (Wildman–Crippen MR) is 89.7 cm³/mol. The number of halogens is 3. The van der Waals surface area contributed by atoms with Crippen LogP contribution in [0.5, 0.6) is 5.75 Å². The van der Waals surface area contributed by atoms with Crippen LogP contribution in [0.15, 0.2) is 42.6 Å². The molecule has 0 bridgehead atoms. The maximum absolute atomic E-state index is 13.7. The minimum atomic E-state index is -1.56. The second-order valence-corrected chi connectivity index (χ2v) is 5.18. The van der Waals surface area contributed by atoms with Crippen molar-refractivity contribution in [3.8, 4) is 5.75 Å². The van der Waals surface area contributed by atoms with E-state index in [9.17, 15) is 13.2 Å². The number of hydrogen-bond acceptors (Lipinski definition) is 6. The lowest BCUT2D eigenvalue weighted by molar-refractivity contribution is 0.410. The van der Waals surface area contributed by atoms with Gasteiger partial charge in [0.1, 0.15) is 5.75 Å². The minimum absolute atomic E-state index is 0.118. The van der Waals surface area contributed by atoms with Crippen LogP contribution in [-0.4, -0.2) is 22.3 Å². The maximum atomic E-state index is 13.7. The molecule has 1 heterocycles. The lowest BCUT2D eigenvalue weighted by Crippen LogP contribution is -2.08. The number of ether oxygens (including phenoxy) is 1. The van der Waals surface area contributed by atoms with Gasteiger partial charge in [-0.25, -0.2) is 13.2 Å². The van der Waals surface area contributed by atoms with Gasteiger partial charge in [0.15, 0.2) is 23.3 Å². The minimum Gasteiger partial charge on any atom is -0.496 e. The number of nitrogens with one attached hydrogen (secondary N) is 2. The average molecular weight is 361 g/mol. The molecular formula is C17H14F3N5O. The predicted octanol–water partition coefficient (Wildman–Crippen LogP) is 3.65. The Hall–Kier alpha value is -3.36. The summed E-state index contributed by atoms with van der Waals surface area (Å²) in [6, 6.07) is 9.29. The summed E-state index contributed by atoms with van der Waals surface area (Å²) in [6.07, 6.45) is 1.23. The zero-order valence-corrected chi connectivity index (χ0v) is 13.6. The molecule has 0 saturated carbocycles. The van der Waals surface area contributed by atoms with Crippen LogP contribution in [0.1, 0.15) is 5.56 Å². The summed E-state index contributed by atoms with van der Waals surface area (Å²) in [7, 11) is 1.57. The number of nitrogens with zero attached hydrogens (tertiary/aromatic N) is 3. The number of hydrogen-bond donors (Lipinski definition) is 2. The molecule has 0 aliphatic rings. The molecule has 0 aliphatic heterocycles. The molecule has 0 amide bonds. The monoisotopic (exact) mass is 361 g/mol. The SMILES string of the molecule is COc1ccccc1CNc1nncc(Nc2ccc(F)c(F)c2F)n1. The highest BCUT2D eigenvalue weighted by molar-refractivity contribution is 5.57. The molecule has 3 rings (SSSR count). The molecule has 0 radical (unpaired) electrons. The molecule has 9 heteroatoms. The van der Waals surface area contributed by atoms with E-state index >= 15 is 0 Å². The molecule has 0 saturated heterocycles. The number of rotatable bonds is 6. The van der Waals surface area contributed by atoms with Crippen molar-refractivity contribution < 1.29 is 17.9 Å². The highest BCUT2D eigenvalue weighted by Gasteiger charge is 2.14. The van der Waals surface area contributed by atoms with E-state index in [4.69, 9.17) is 4.74 Å². The fourth-order valence-electron chi connectivity index (χ4n) is 2.22. The lowest BCUT2D eigenvalue weighted by Gasteiger charge is -2.10. The summed E-state index contributed by atoms with van der Waals surface area (Å²) < 4.78 is 45.3. The molecule has 2 aromatic carbocycles. The van der Waals surface area contributed by atoms with Crippen molar-refractivity contribution in [1.82, 2.24) is 15.2 Å². The van der Waals surface area contributed by atoms with E-state index in [1.807, 2.05) is 24.3 Å². The van der Waals surface area contributed by atoms with E-state index in [0.29, 0.717) is 12.3 Å². The zero-order valence-electron chi connectivity index (χ0n) is 13.6. The van der Waals surface area contributed by atoms with Gasteiger partial charge in [-0.1, -0.05) is 18.2 Å². The van der Waals surface area contributed by atoms with Gasteiger partial charge in [-0.2, -0.15) is 10.1 Å². The maximum Gasteiger partial charge on any atom is 0.244 e. The van der Waals surface area contributed by atoms with Gasteiger partial charge in [0.25, 0.3) is 0 Å². The van der Waals surface area contributed by atoms with Gasteiger partial charge in [0, 0.05) is 12.1 Å². The molecule has 0 unspecified atom stereocenters. The van der Waals surface area contributed by atoms with Gasteiger partial charge in [-0.15, -0.1) is 5.10 Å². The first-order valence-electron chi connectivity index (χ1n) is 7.54. The molecule has 0 atom stereocenters. The van der Waals surface area contributed by atoms with Crippen LogP contribution >= 0.6 is 0 Å². The van der Waals surface area contributed by atoms with Crippen molar-refractivity contribution in [2.24, 2.45) is 0 Å². The Bertz CT molecular complexity index is 923. The smallest absolute Gasteiger partial charge is 0.244 e. The highest BCUT2D eigenvalue weighted by Crippen LogP contribution is 2.23. The van der Waals surface area contributed by atoms with E-state index in [1.54, 1.807) is 7.11 Å². The van der Waals surface area contributed by atoms with Gasteiger partial charge in [-0.05, 0) is 18.2 Å². The molecule has 0 fully saturated rings. The lowest BCUT2D eigenvalue weighted by atomic mass is 10.2. The highest BCUT2D eigenvalue weighted by atomic mass is 19.2. The van der Waals surface area contributed by atoms with Crippen molar-refractivity contribution in [3.63, 3.8) is 0 Å². The van der Waals surface area contributed by atoms with Crippen LogP contribution in [0.4, 0.5) is 30.6 Å². The summed E-state index contributed by atoms with van der Waals surface area (Å²) in [5.74, 6) is -3.19. The molecule has 26 heavy (non-hydrogen) atoms. The van der Waals surface area contributed by atoms with Gasteiger partial charge in [0.05, 0.1) is 19.0 Å². The summed E-state index contributed by atoms with van der Waals surface area (Å²) >= 11 is 0. The second kappa shape index (κ2) is 7.68. The van der Waals surface area contributed by atoms with Crippen molar-refractivity contribution in [2.75, 3.05) is 17.7 Å². The first kappa shape index (κ1) is 17.5. The van der Waals surface area contributed by atoms with Gasteiger partial charge in [0.2, 0.25) is 5.95 Å². The second-order valence-electron chi connectivity index (χ2n) is 5.18. The zero-order chi connectivity index (χ0) is 18.5.